The molecule has 1 unspecified atom stereocenters. The molecule has 0 aliphatic carbocycles. The topological polar surface area (TPSA) is 63.6 Å². The summed E-state index contributed by atoms with van der Waals surface area (Å²) in [4.78, 5) is 23.8. The lowest BCUT2D eigenvalue weighted by atomic mass is 9.95. The van der Waals surface area contributed by atoms with Crippen LogP contribution in [0.2, 0.25) is 0 Å². The van der Waals surface area contributed by atoms with Gasteiger partial charge in [-0.3, -0.25) is 9.59 Å². The average molecular weight is 481 g/mol. The number of hydrogen-bond donors (Lipinski definition) is 1. The monoisotopic (exact) mass is 480 g/mol. The minimum Gasteiger partial charge on any atom is -0.481 e. The van der Waals surface area contributed by atoms with Gasteiger partial charge in [0.15, 0.2) is 0 Å². The van der Waals surface area contributed by atoms with E-state index in [1.165, 1.54) is 11.1 Å². The molecule has 1 aromatic carbocycles. The lowest BCUT2D eigenvalue weighted by Gasteiger charge is -2.08. The third-order valence-electron chi connectivity index (χ3n) is 4.55. The minimum atomic E-state index is -1.07. The molecule has 0 saturated heterocycles. The number of thiophene rings is 1. The Morgan fingerprint density at radius 1 is 1.15 bits per heavy atom. The summed E-state index contributed by atoms with van der Waals surface area (Å²) in [5.41, 5.74) is 3.40. The molecule has 0 saturated carbocycles. The number of aliphatic carboxylic acids is 1. The van der Waals surface area contributed by atoms with E-state index in [1.807, 2.05) is 45.1 Å². The second-order valence-corrected chi connectivity index (χ2v) is 9.63. The summed E-state index contributed by atoms with van der Waals surface area (Å²) in [6.45, 7) is 6.02. The summed E-state index contributed by atoms with van der Waals surface area (Å²) in [5.74, 6) is 3.66. The first kappa shape index (κ1) is 29.1. The van der Waals surface area contributed by atoms with Gasteiger partial charge in [0.1, 0.15) is 11.7 Å². The van der Waals surface area contributed by atoms with E-state index >= 15 is 0 Å². The van der Waals surface area contributed by atoms with Crippen LogP contribution >= 0.6 is 11.3 Å². The zero-order valence-corrected chi connectivity index (χ0v) is 21.7. The molecule has 182 valence electrons. The molecule has 1 N–H and O–H groups in total. The molecule has 2 rings (SSSR count). The van der Waals surface area contributed by atoms with Crippen molar-refractivity contribution < 1.29 is 19.4 Å². The van der Waals surface area contributed by atoms with E-state index in [9.17, 15) is 14.7 Å². The first-order chi connectivity index (χ1) is 16.2. The molecule has 0 fully saturated rings. The summed E-state index contributed by atoms with van der Waals surface area (Å²) in [6, 6.07) is 10.4. The van der Waals surface area contributed by atoms with Crippen LogP contribution in [0.1, 0.15) is 52.0 Å². The van der Waals surface area contributed by atoms with E-state index in [0.29, 0.717) is 6.42 Å². The van der Waals surface area contributed by atoms with E-state index in [0.717, 1.165) is 12.0 Å². The van der Waals surface area contributed by atoms with Crippen molar-refractivity contribution in [2.75, 3.05) is 14.2 Å². The highest BCUT2D eigenvalue weighted by Gasteiger charge is 2.23. The number of carbonyl (C=O) groups is 2. The molecular formula is C29H36O4S. The molecule has 34 heavy (non-hydrogen) atoms. The maximum absolute atomic E-state index is 12.3. The van der Waals surface area contributed by atoms with Gasteiger partial charge in [-0.05, 0) is 85.7 Å². The number of ether oxygens (including phenoxy) is 1. The fourth-order valence-electron chi connectivity index (χ4n) is 2.93. The molecular weight excluding hydrogens is 444 g/mol. The first-order valence-corrected chi connectivity index (χ1v) is 12.2. The molecule has 5 heteroatoms. The lowest BCUT2D eigenvalue weighted by Crippen LogP contribution is -2.23. The Balaban J connectivity index is 0.00000182. The van der Waals surface area contributed by atoms with Crippen molar-refractivity contribution in [3.63, 3.8) is 0 Å². The smallest absolute Gasteiger partial charge is 0.314 e. The predicted molar refractivity (Wildman–Crippen MR) is 143 cm³/mol. The maximum atomic E-state index is 12.3. The average Bonchev–Trinajstić information content (AvgIpc) is 3.30. The summed E-state index contributed by atoms with van der Waals surface area (Å²) in [7, 11) is 3.25. The van der Waals surface area contributed by atoms with Gasteiger partial charge in [-0.1, -0.05) is 48.3 Å². The van der Waals surface area contributed by atoms with Crippen molar-refractivity contribution in [3.8, 4) is 23.0 Å². The van der Waals surface area contributed by atoms with Gasteiger partial charge < -0.3 is 9.84 Å². The molecule has 0 spiro atoms. The molecule has 0 amide bonds. The second-order valence-electron chi connectivity index (χ2n) is 8.85. The summed E-state index contributed by atoms with van der Waals surface area (Å²) >= 11 is 1.68. The molecule has 1 aromatic heterocycles. The Morgan fingerprint density at radius 2 is 1.88 bits per heavy atom. The number of benzene rings is 1. The minimum absolute atomic E-state index is 0.106. The fourth-order valence-corrected chi connectivity index (χ4v) is 3.59. The van der Waals surface area contributed by atoms with Crippen molar-refractivity contribution >= 4 is 29.2 Å². The number of allylic oxidation sites excluding steroid dienone is 3. The van der Waals surface area contributed by atoms with Crippen LogP contribution in [-0.2, 0) is 14.3 Å². The summed E-state index contributed by atoms with van der Waals surface area (Å²) in [5, 5.41) is 13.6. The van der Waals surface area contributed by atoms with Crippen molar-refractivity contribution in [2.24, 2.45) is 11.3 Å². The van der Waals surface area contributed by atoms with Gasteiger partial charge in [-0.25, -0.2) is 0 Å². The van der Waals surface area contributed by atoms with Crippen LogP contribution in [0.15, 0.2) is 59.3 Å². The van der Waals surface area contributed by atoms with Crippen LogP contribution in [0.3, 0.4) is 0 Å². The fraction of sp³-hybridized carbons (Fsp3) is 0.379. The van der Waals surface area contributed by atoms with Crippen molar-refractivity contribution in [2.45, 2.75) is 46.5 Å². The Hall–Kier alpha value is -2.94. The van der Waals surface area contributed by atoms with Crippen LogP contribution < -0.4 is 0 Å². The number of carboxylic acids is 1. The van der Waals surface area contributed by atoms with E-state index in [2.05, 4.69) is 45.5 Å². The molecule has 1 atom stereocenters. The quantitative estimate of drug-likeness (QED) is 0.223. The van der Waals surface area contributed by atoms with E-state index in [-0.39, 0.29) is 24.0 Å². The molecule has 0 aliphatic rings. The second kappa shape index (κ2) is 15.8. The first-order valence-electron chi connectivity index (χ1n) is 11.3. The van der Waals surface area contributed by atoms with Crippen molar-refractivity contribution in [3.05, 3.63) is 64.9 Å². The van der Waals surface area contributed by atoms with Gasteiger partial charge in [0.2, 0.25) is 0 Å². The van der Waals surface area contributed by atoms with E-state index in [1.54, 1.807) is 37.7 Å². The van der Waals surface area contributed by atoms with Gasteiger partial charge in [0.05, 0.1) is 0 Å². The summed E-state index contributed by atoms with van der Waals surface area (Å²) < 4.78 is 4.25. The zero-order chi connectivity index (χ0) is 25.4. The van der Waals surface area contributed by atoms with Crippen molar-refractivity contribution in [1.29, 1.82) is 0 Å². The number of carboxylic acid groups (broad SMARTS) is 1. The Bertz CT molecular complexity index is 999. The number of rotatable bonds is 10. The molecule has 1 heterocycles. The number of hydrogen-bond acceptors (Lipinski definition) is 4. The maximum Gasteiger partial charge on any atom is 0.314 e. The van der Waals surface area contributed by atoms with E-state index < -0.39 is 11.9 Å². The van der Waals surface area contributed by atoms with E-state index in [4.69, 9.17) is 0 Å². The van der Waals surface area contributed by atoms with Crippen LogP contribution in [0.4, 0.5) is 0 Å². The normalized spacial score (nSPS) is 12.0. The number of methoxy groups -OCH3 is 1. The largest absolute Gasteiger partial charge is 0.481 e. The van der Waals surface area contributed by atoms with Crippen LogP contribution in [-0.4, -0.2) is 31.1 Å². The van der Waals surface area contributed by atoms with Gasteiger partial charge >= 0.3 is 5.97 Å². The molecule has 0 aliphatic heterocycles. The number of unbranched alkanes of at least 4 members (excludes halogenated alkanes) is 1. The third-order valence-corrected chi connectivity index (χ3v) is 5.24. The highest BCUT2D eigenvalue weighted by atomic mass is 32.1. The molecule has 2 aromatic rings. The number of ketones is 1. The number of Topliss-reactive ketones (excluding diaryl/α,β-unsaturated/α-hetero) is 1. The van der Waals surface area contributed by atoms with Crippen molar-refractivity contribution in [1.82, 2.24) is 0 Å². The summed E-state index contributed by atoms with van der Waals surface area (Å²) in [6.07, 6.45) is 9.21. The number of carbonyl (C=O) groups excluding carboxylic acids is 1. The van der Waals surface area contributed by atoms with Gasteiger partial charge in [0, 0.05) is 26.1 Å². The standard InChI is InChI=1S/C27H30O3S.C2H6O/c1-27(2,3)17-9-5-7-14-24(26(29)30)25(28)15-8-4-6-11-21-12-10-13-22(19-21)23-16-18-31-20-23;1-3-2/h5-7,10-13,16,18-20,24H,4,8,14-15H2,1-3H3,(H,29,30);1-2H3/b7-5+,11-6+;. The third kappa shape index (κ3) is 12.3. The SMILES string of the molecule is CC(C)(C)C#C/C=C/CC(C(=O)O)C(=O)CCC/C=C/c1cccc(-c2ccsc2)c1.COC. The molecule has 0 radical (unpaired) electrons. The van der Waals surface area contributed by atoms with Crippen LogP contribution in [0.25, 0.3) is 17.2 Å². The lowest BCUT2D eigenvalue weighted by molar-refractivity contribution is -0.146. The Morgan fingerprint density at radius 3 is 2.50 bits per heavy atom. The molecule has 0 bridgehead atoms. The van der Waals surface area contributed by atoms with Gasteiger partial charge in [-0.2, -0.15) is 11.3 Å². The highest BCUT2D eigenvalue weighted by molar-refractivity contribution is 7.08. The van der Waals surface area contributed by atoms with Crippen LogP contribution in [0, 0.1) is 23.2 Å². The Kier molecular flexibility index (Phi) is 13.5. The van der Waals surface area contributed by atoms with Gasteiger partial charge in [-0.15, -0.1) is 0 Å². The Labute approximate surface area is 208 Å². The molecule has 4 nitrogen and oxygen atoms in total. The highest BCUT2D eigenvalue weighted by Crippen LogP contribution is 2.23. The van der Waals surface area contributed by atoms with Crippen LogP contribution in [0.5, 0.6) is 0 Å². The predicted octanol–water partition coefficient (Wildman–Crippen LogP) is 7.13. The zero-order valence-electron chi connectivity index (χ0n) is 20.8. The van der Waals surface area contributed by atoms with Gasteiger partial charge in [0.25, 0.3) is 0 Å².